The number of benzene rings is 2. The minimum atomic E-state index is -0.575. The summed E-state index contributed by atoms with van der Waals surface area (Å²) in [6.07, 6.45) is 0. The van der Waals surface area contributed by atoms with E-state index in [1.165, 1.54) is 4.90 Å². The lowest BCUT2D eigenvalue weighted by Crippen LogP contribution is -2.33. The number of imide groups is 1. The normalized spacial score (nSPS) is 17.7. The van der Waals surface area contributed by atoms with Gasteiger partial charge in [-0.15, -0.1) is 0 Å². The fourth-order valence-electron chi connectivity index (χ4n) is 2.25. The van der Waals surface area contributed by atoms with E-state index in [9.17, 15) is 9.59 Å². The fourth-order valence-corrected chi connectivity index (χ4v) is 3.42. The van der Waals surface area contributed by atoms with E-state index in [0.29, 0.717) is 6.54 Å². The van der Waals surface area contributed by atoms with E-state index in [2.05, 4.69) is 21.2 Å². The highest BCUT2D eigenvalue weighted by Crippen LogP contribution is 2.29. The minimum Gasteiger partial charge on any atom is -0.365 e. The molecule has 1 N–H and O–H groups in total. The number of nitrogens with zero attached hydrogens (tertiary/aromatic N) is 1. The van der Waals surface area contributed by atoms with Crippen molar-refractivity contribution in [3.63, 3.8) is 0 Å². The lowest BCUT2D eigenvalue weighted by molar-refractivity contribution is -0.126. The second kappa shape index (κ2) is 6.76. The molecule has 0 radical (unpaired) electrons. The Balaban J connectivity index is 1.69. The first-order valence-electron chi connectivity index (χ1n) is 7.12. The average Bonchev–Trinajstić information content (AvgIpc) is 2.79. The van der Waals surface area contributed by atoms with Crippen molar-refractivity contribution in [1.29, 1.82) is 0 Å². The molecule has 0 spiro atoms. The van der Waals surface area contributed by atoms with Crippen molar-refractivity contribution in [3.8, 4) is 0 Å². The summed E-state index contributed by atoms with van der Waals surface area (Å²) in [5.74, 6) is -0.205. The third kappa shape index (κ3) is 3.76. The van der Waals surface area contributed by atoms with Gasteiger partial charge in [-0.25, -0.2) is 0 Å². The second-order valence-electron chi connectivity index (χ2n) is 5.33. The van der Waals surface area contributed by atoms with Crippen LogP contribution in [0.4, 0.5) is 10.5 Å². The molecule has 3 rings (SSSR count). The van der Waals surface area contributed by atoms with Crippen molar-refractivity contribution in [2.24, 2.45) is 0 Å². The number of thioether (sulfide) groups is 1. The van der Waals surface area contributed by atoms with Crippen molar-refractivity contribution in [1.82, 2.24) is 4.90 Å². The van der Waals surface area contributed by atoms with Crippen LogP contribution in [0.1, 0.15) is 11.1 Å². The molecule has 0 bridgehead atoms. The number of hydrogen-bond acceptors (Lipinski definition) is 4. The molecule has 4 nitrogen and oxygen atoms in total. The number of rotatable bonds is 4. The number of aryl methyl sites for hydroxylation is 1. The molecular weight excluding hydrogens is 376 g/mol. The van der Waals surface area contributed by atoms with Gasteiger partial charge in [-0.2, -0.15) is 0 Å². The van der Waals surface area contributed by atoms with Crippen LogP contribution >= 0.6 is 27.7 Å². The zero-order chi connectivity index (χ0) is 16.4. The first kappa shape index (κ1) is 16.1. The third-order valence-electron chi connectivity index (χ3n) is 3.53. The predicted octanol–water partition coefficient (Wildman–Crippen LogP) is 4.39. The van der Waals surface area contributed by atoms with Crippen LogP contribution < -0.4 is 5.32 Å². The molecule has 118 valence electrons. The summed E-state index contributed by atoms with van der Waals surface area (Å²) in [5.41, 5.74) is 2.91. The Kier molecular flexibility index (Phi) is 4.73. The summed E-state index contributed by atoms with van der Waals surface area (Å²) in [7, 11) is 0. The van der Waals surface area contributed by atoms with Crippen LogP contribution in [0.15, 0.2) is 53.0 Å². The summed E-state index contributed by atoms with van der Waals surface area (Å²) in [5, 5.41) is 2.31. The summed E-state index contributed by atoms with van der Waals surface area (Å²) in [4.78, 5) is 25.9. The van der Waals surface area contributed by atoms with Crippen LogP contribution in [0.2, 0.25) is 0 Å². The lowest BCUT2D eigenvalue weighted by atomic mass is 10.1. The topological polar surface area (TPSA) is 49.4 Å². The Hall–Kier alpha value is -1.79. The highest BCUT2D eigenvalue weighted by atomic mass is 79.9. The van der Waals surface area contributed by atoms with Crippen LogP contribution in [0, 0.1) is 6.92 Å². The molecule has 1 heterocycles. The number of hydrogen-bond donors (Lipinski definition) is 1. The number of nitrogens with one attached hydrogen (secondary N) is 1. The largest absolute Gasteiger partial charge is 0.365 e. The Bertz CT molecular complexity index is 731. The molecule has 0 aliphatic carbocycles. The van der Waals surface area contributed by atoms with Crippen LogP contribution in [-0.2, 0) is 11.3 Å². The number of halogens is 1. The van der Waals surface area contributed by atoms with E-state index in [0.717, 1.165) is 33.0 Å². The predicted molar refractivity (Wildman–Crippen MR) is 96.3 cm³/mol. The van der Waals surface area contributed by atoms with Crippen LogP contribution in [0.3, 0.4) is 0 Å². The Morgan fingerprint density at radius 3 is 2.39 bits per heavy atom. The van der Waals surface area contributed by atoms with Gasteiger partial charge < -0.3 is 5.32 Å². The van der Waals surface area contributed by atoms with E-state index in [-0.39, 0.29) is 11.1 Å². The number of carbonyl (C=O) groups excluding carboxylic acids is 2. The molecule has 6 heteroatoms. The van der Waals surface area contributed by atoms with Crippen molar-refractivity contribution in [2.75, 3.05) is 5.32 Å². The van der Waals surface area contributed by atoms with Gasteiger partial charge in [0.25, 0.3) is 11.1 Å². The van der Waals surface area contributed by atoms with Crippen LogP contribution in [0.25, 0.3) is 0 Å². The number of carbonyl (C=O) groups is 2. The zero-order valence-corrected chi connectivity index (χ0v) is 14.9. The van der Waals surface area contributed by atoms with Crippen LogP contribution in [0.5, 0.6) is 0 Å². The van der Waals surface area contributed by atoms with Crippen molar-refractivity contribution in [3.05, 3.63) is 64.1 Å². The molecule has 0 aromatic heterocycles. The molecule has 1 aliphatic heterocycles. The van der Waals surface area contributed by atoms with E-state index < -0.39 is 5.37 Å². The van der Waals surface area contributed by atoms with Gasteiger partial charge in [-0.1, -0.05) is 45.8 Å². The van der Waals surface area contributed by atoms with E-state index in [1.807, 2.05) is 55.5 Å². The molecule has 2 aromatic carbocycles. The van der Waals surface area contributed by atoms with Gasteiger partial charge in [-0.05, 0) is 48.5 Å². The smallest absolute Gasteiger partial charge is 0.291 e. The third-order valence-corrected chi connectivity index (χ3v) is 5.04. The van der Waals surface area contributed by atoms with Crippen molar-refractivity contribution in [2.45, 2.75) is 18.8 Å². The molecule has 0 saturated carbocycles. The molecule has 1 atom stereocenters. The van der Waals surface area contributed by atoms with Gasteiger partial charge in [0.05, 0.1) is 6.54 Å². The quantitative estimate of drug-likeness (QED) is 0.840. The number of anilines is 1. The number of amides is 2. The highest BCUT2D eigenvalue weighted by Gasteiger charge is 2.39. The molecule has 1 saturated heterocycles. The van der Waals surface area contributed by atoms with Gasteiger partial charge in [0.1, 0.15) is 0 Å². The van der Waals surface area contributed by atoms with E-state index >= 15 is 0 Å². The highest BCUT2D eigenvalue weighted by molar-refractivity contribution is 9.10. The van der Waals surface area contributed by atoms with Crippen LogP contribution in [-0.4, -0.2) is 21.4 Å². The SMILES string of the molecule is Cc1ccc(CN2C(=O)S[C@@H](Nc3ccc(Br)cc3)C2=O)cc1. The maximum absolute atomic E-state index is 12.5. The van der Waals surface area contributed by atoms with Crippen molar-refractivity contribution < 1.29 is 9.59 Å². The first-order chi connectivity index (χ1) is 11.0. The lowest BCUT2D eigenvalue weighted by Gasteiger charge is -2.15. The van der Waals surface area contributed by atoms with Crippen molar-refractivity contribution >= 4 is 44.5 Å². The average molecular weight is 391 g/mol. The van der Waals surface area contributed by atoms with E-state index in [1.54, 1.807) is 0 Å². The molecule has 23 heavy (non-hydrogen) atoms. The van der Waals surface area contributed by atoms with Gasteiger partial charge in [-0.3, -0.25) is 14.5 Å². The Morgan fingerprint density at radius 1 is 1.09 bits per heavy atom. The summed E-state index contributed by atoms with van der Waals surface area (Å²) in [6.45, 7) is 2.31. The molecule has 0 unspecified atom stereocenters. The van der Waals surface area contributed by atoms with Gasteiger partial charge in [0.2, 0.25) is 0 Å². The van der Waals surface area contributed by atoms with Gasteiger partial charge >= 0.3 is 0 Å². The van der Waals surface area contributed by atoms with Gasteiger partial charge in [0.15, 0.2) is 5.37 Å². The molecular formula is C17H15BrN2O2S. The summed E-state index contributed by atoms with van der Waals surface area (Å²) >= 11 is 4.39. The molecule has 2 amide bonds. The fraction of sp³-hybridized carbons (Fsp3) is 0.176. The zero-order valence-electron chi connectivity index (χ0n) is 12.5. The maximum Gasteiger partial charge on any atom is 0.291 e. The van der Waals surface area contributed by atoms with E-state index in [4.69, 9.17) is 0 Å². The Morgan fingerprint density at radius 2 is 1.74 bits per heavy atom. The molecule has 1 aliphatic rings. The summed E-state index contributed by atoms with van der Waals surface area (Å²) < 4.78 is 0.963. The minimum absolute atomic E-state index is 0.205. The first-order valence-corrected chi connectivity index (χ1v) is 8.80. The second-order valence-corrected chi connectivity index (χ2v) is 7.30. The summed E-state index contributed by atoms with van der Waals surface area (Å²) in [6, 6.07) is 15.3. The molecule has 1 fully saturated rings. The van der Waals surface area contributed by atoms with Gasteiger partial charge in [0, 0.05) is 10.2 Å². The Labute approximate surface area is 147 Å². The maximum atomic E-state index is 12.5. The standard InChI is InChI=1S/C17H15BrN2O2S/c1-11-2-4-12(5-3-11)10-20-16(21)15(23-17(20)22)19-14-8-6-13(18)7-9-14/h2-9,15,19H,10H2,1H3/t15-/m1/s1. The molecule has 2 aromatic rings. The monoisotopic (exact) mass is 390 g/mol.